The van der Waals surface area contributed by atoms with Crippen LogP contribution in [0.25, 0.3) is 0 Å². The lowest BCUT2D eigenvalue weighted by molar-refractivity contribution is -0.144. The molecule has 18 heavy (non-hydrogen) atoms. The number of alkyl halides is 1. The number of aliphatic carboxylic acids is 1. The Labute approximate surface area is 107 Å². The summed E-state index contributed by atoms with van der Waals surface area (Å²) in [5.74, 6) is -0.987. The van der Waals surface area contributed by atoms with Crippen molar-refractivity contribution in [2.24, 2.45) is 0 Å². The molecule has 4 heteroatoms. The van der Waals surface area contributed by atoms with E-state index in [9.17, 15) is 14.3 Å². The van der Waals surface area contributed by atoms with E-state index in [0.717, 1.165) is 5.56 Å². The predicted molar refractivity (Wildman–Crippen MR) is 69.1 cm³/mol. The zero-order valence-corrected chi connectivity index (χ0v) is 11.1. The smallest absolute Gasteiger partial charge is 0.321 e. The van der Waals surface area contributed by atoms with Gasteiger partial charge in [-0.3, -0.25) is 9.69 Å². The van der Waals surface area contributed by atoms with Crippen LogP contribution in [-0.2, 0) is 11.3 Å². The molecule has 0 aliphatic heterocycles. The molecular formula is C14H20FNO2. The first-order valence-corrected chi connectivity index (χ1v) is 5.95. The van der Waals surface area contributed by atoms with Gasteiger partial charge in [-0.25, -0.2) is 4.39 Å². The summed E-state index contributed by atoms with van der Waals surface area (Å²) in [6.45, 7) is 3.30. The van der Waals surface area contributed by atoms with Crippen molar-refractivity contribution in [3.63, 3.8) is 0 Å². The minimum Gasteiger partial charge on any atom is -0.480 e. The third kappa shape index (κ3) is 4.84. The van der Waals surface area contributed by atoms with Crippen LogP contribution in [0.2, 0.25) is 0 Å². The molecule has 0 aliphatic carbocycles. The van der Waals surface area contributed by atoms with Gasteiger partial charge < -0.3 is 5.11 Å². The first kappa shape index (κ1) is 14.6. The Hall–Kier alpha value is -1.42. The van der Waals surface area contributed by atoms with Crippen molar-refractivity contribution in [1.82, 2.24) is 4.90 Å². The molecule has 3 nitrogen and oxygen atoms in total. The summed E-state index contributed by atoms with van der Waals surface area (Å²) < 4.78 is 13.6. The lowest BCUT2D eigenvalue weighted by Gasteiger charge is -2.28. The van der Waals surface area contributed by atoms with Gasteiger partial charge in [0.25, 0.3) is 0 Å². The first-order valence-electron chi connectivity index (χ1n) is 5.95. The van der Waals surface area contributed by atoms with Crippen molar-refractivity contribution in [3.05, 3.63) is 35.9 Å². The second-order valence-corrected chi connectivity index (χ2v) is 5.18. The van der Waals surface area contributed by atoms with Crippen molar-refractivity contribution in [1.29, 1.82) is 0 Å². The fraction of sp³-hybridized carbons (Fsp3) is 0.500. The number of carboxylic acids is 1. The second-order valence-electron chi connectivity index (χ2n) is 5.18. The minimum absolute atomic E-state index is 0.0222. The van der Waals surface area contributed by atoms with Crippen molar-refractivity contribution < 1.29 is 14.3 Å². The maximum absolute atomic E-state index is 13.6. The number of carbonyl (C=O) groups is 1. The fourth-order valence-electron chi connectivity index (χ4n) is 1.87. The number of hydrogen-bond donors (Lipinski definition) is 1. The standard InChI is InChI=1S/C14H20FNO2/c1-14(2,15)9-12(13(17)18)16(3)10-11-7-5-4-6-8-11/h4-8,12H,9-10H2,1-3H3,(H,17,18)/t12-/m0/s1. The number of likely N-dealkylation sites (N-methyl/N-ethyl adjacent to an activating group) is 1. The number of rotatable bonds is 6. The zero-order valence-electron chi connectivity index (χ0n) is 11.1. The normalized spacial score (nSPS) is 13.6. The van der Waals surface area contributed by atoms with Crippen LogP contribution in [0, 0.1) is 0 Å². The van der Waals surface area contributed by atoms with E-state index < -0.39 is 17.7 Å². The molecule has 0 aromatic heterocycles. The molecule has 0 bridgehead atoms. The predicted octanol–water partition coefficient (Wildman–Crippen LogP) is 2.71. The minimum atomic E-state index is -1.49. The molecule has 0 unspecified atom stereocenters. The molecule has 1 aromatic carbocycles. The molecule has 0 saturated heterocycles. The molecule has 0 spiro atoms. The molecule has 1 rings (SSSR count). The Balaban J connectivity index is 2.72. The van der Waals surface area contributed by atoms with Gasteiger partial charge in [0.1, 0.15) is 11.7 Å². The summed E-state index contributed by atoms with van der Waals surface area (Å²) in [5.41, 5.74) is -0.475. The molecule has 100 valence electrons. The van der Waals surface area contributed by atoms with Crippen LogP contribution in [0.4, 0.5) is 4.39 Å². The highest BCUT2D eigenvalue weighted by atomic mass is 19.1. The highest BCUT2D eigenvalue weighted by Gasteiger charge is 2.30. The average molecular weight is 253 g/mol. The Morgan fingerprint density at radius 1 is 1.39 bits per heavy atom. The van der Waals surface area contributed by atoms with Gasteiger partial charge in [0.2, 0.25) is 0 Å². The molecule has 1 aromatic rings. The third-order valence-corrected chi connectivity index (χ3v) is 2.77. The second kappa shape index (κ2) is 5.96. The van der Waals surface area contributed by atoms with Crippen molar-refractivity contribution >= 4 is 5.97 Å². The Morgan fingerprint density at radius 3 is 2.39 bits per heavy atom. The van der Waals surface area contributed by atoms with Crippen LogP contribution < -0.4 is 0 Å². The van der Waals surface area contributed by atoms with Gasteiger partial charge in [-0.15, -0.1) is 0 Å². The van der Waals surface area contributed by atoms with Crippen LogP contribution in [0.5, 0.6) is 0 Å². The van der Waals surface area contributed by atoms with Crippen LogP contribution in [-0.4, -0.2) is 34.7 Å². The van der Waals surface area contributed by atoms with Gasteiger partial charge in [0.05, 0.1) is 0 Å². The van der Waals surface area contributed by atoms with E-state index in [4.69, 9.17) is 0 Å². The van der Waals surface area contributed by atoms with Crippen LogP contribution in [0.1, 0.15) is 25.8 Å². The molecule has 0 radical (unpaired) electrons. The Morgan fingerprint density at radius 2 is 1.94 bits per heavy atom. The van der Waals surface area contributed by atoms with E-state index in [1.54, 1.807) is 11.9 Å². The van der Waals surface area contributed by atoms with Crippen molar-refractivity contribution in [3.8, 4) is 0 Å². The van der Waals surface area contributed by atoms with Crippen LogP contribution in [0.15, 0.2) is 30.3 Å². The summed E-state index contributed by atoms with van der Waals surface area (Å²) in [6, 6.07) is 8.75. The molecular weight excluding hydrogens is 233 g/mol. The lowest BCUT2D eigenvalue weighted by Crippen LogP contribution is -2.41. The number of hydrogen-bond acceptors (Lipinski definition) is 2. The SMILES string of the molecule is CN(Cc1ccccc1)[C@@H](CC(C)(C)F)C(=O)O. The summed E-state index contributed by atoms with van der Waals surface area (Å²) >= 11 is 0. The monoisotopic (exact) mass is 253 g/mol. The number of halogens is 1. The van der Waals surface area contributed by atoms with Crippen LogP contribution >= 0.6 is 0 Å². The van der Waals surface area contributed by atoms with Gasteiger partial charge >= 0.3 is 5.97 Å². The summed E-state index contributed by atoms with van der Waals surface area (Å²) in [6.07, 6.45) is -0.0222. The summed E-state index contributed by atoms with van der Waals surface area (Å²) in [4.78, 5) is 12.9. The van der Waals surface area contributed by atoms with Gasteiger partial charge in [0, 0.05) is 13.0 Å². The molecule has 0 amide bonds. The van der Waals surface area contributed by atoms with Gasteiger partial charge in [-0.2, -0.15) is 0 Å². The van der Waals surface area contributed by atoms with E-state index >= 15 is 0 Å². The molecule has 0 heterocycles. The molecule has 0 saturated carbocycles. The molecule has 0 fully saturated rings. The Kier molecular flexibility index (Phi) is 4.84. The number of nitrogens with zero attached hydrogens (tertiary/aromatic N) is 1. The van der Waals surface area contributed by atoms with E-state index in [0.29, 0.717) is 6.54 Å². The number of carboxylic acid groups (broad SMARTS) is 1. The lowest BCUT2D eigenvalue weighted by atomic mass is 9.99. The van der Waals surface area contributed by atoms with Gasteiger partial charge in [-0.05, 0) is 26.5 Å². The maximum atomic E-state index is 13.6. The fourth-order valence-corrected chi connectivity index (χ4v) is 1.87. The average Bonchev–Trinajstić information content (AvgIpc) is 2.25. The quantitative estimate of drug-likeness (QED) is 0.847. The summed E-state index contributed by atoms with van der Waals surface area (Å²) in [7, 11) is 1.71. The highest BCUT2D eigenvalue weighted by Crippen LogP contribution is 2.20. The highest BCUT2D eigenvalue weighted by molar-refractivity contribution is 5.73. The number of benzene rings is 1. The van der Waals surface area contributed by atoms with E-state index in [1.807, 2.05) is 30.3 Å². The summed E-state index contributed by atoms with van der Waals surface area (Å²) in [5, 5.41) is 9.18. The van der Waals surface area contributed by atoms with Crippen LogP contribution in [0.3, 0.4) is 0 Å². The topological polar surface area (TPSA) is 40.5 Å². The third-order valence-electron chi connectivity index (χ3n) is 2.77. The molecule has 1 N–H and O–H groups in total. The first-order chi connectivity index (χ1) is 8.29. The van der Waals surface area contributed by atoms with Crippen molar-refractivity contribution in [2.45, 2.75) is 38.5 Å². The van der Waals surface area contributed by atoms with E-state index in [-0.39, 0.29) is 6.42 Å². The largest absolute Gasteiger partial charge is 0.480 e. The van der Waals surface area contributed by atoms with Crippen molar-refractivity contribution in [2.75, 3.05) is 7.05 Å². The van der Waals surface area contributed by atoms with E-state index in [1.165, 1.54) is 13.8 Å². The maximum Gasteiger partial charge on any atom is 0.321 e. The zero-order chi connectivity index (χ0) is 13.8. The van der Waals surface area contributed by atoms with Gasteiger partial charge in [-0.1, -0.05) is 30.3 Å². The molecule has 0 aliphatic rings. The Bertz CT molecular complexity index is 387. The molecule has 1 atom stereocenters. The van der Waals surface area contributed by atoms with Gasteiger partial charge in [0.15, 0.2) is 0 Å². The van der Waals surface area contributed by atoms with E-state index in [2.05, 4.69) is 0 Å².